The summed E-state index contributed by atoms with van der Waals surface area (Å²) in [7, 11) is 0. The average Bonchev–Trinajstić information content (AvgIpc) is 2.33. The van der Waals surface area contributed by atoms with Crippen LogP contribution in [-0.4, -0.2) is 4.98 Å². The van der Waals surface area contributed by atoms with E-state index in [0.717, 1.165) is 5.69 Å². The van der Waals surface area contributed by atoms with E-state index in [1.165, 1.54) is 12.1 Å². The van der Waals surface area contributed by atoms with Gasteiger partial charge in [0, 0.05) is 6.04 Å². The maximum absolute atomic E-state index is 12.7. The van der Waals surface area contributed by atoms with Crippen LogP contribution in [0.2, 0.25) is 0 Å². The SMILES string of the molecule is CC(N)c1ccc(Oc2ccc(F)cc2)cn1. The Hall–Kier alpha value is -1.94. The number of ether oxygens (including phenoxy) is 1. The first kappa shape index (κ1) is 11.5. The van der Waals surface area contributed by atoms with E-state index in [1.807, 2.05) is 13.0 Å². The van der Waals surface area contributed by atoms with Gasteiger partial charge < -0.3 is 10.5 Å². The van der Waals surface area contributed by atoms with Gasteiger partial charge in [0.1, 0.15) is 17.3 Å². The molecule has 2 N–H and O–H groups in total. The van der Waals surface area contributed by atoms with Crippen LogP contribution >= 0.6 is 0 Å². The van der Waals surface area contributed by atoms with E-state index in [0.29, 0.717) is 11.5 Å². The average molecular weight is 232 g/mol. The minimum absolute atomic E-state index is 0.102. The first-order valence-electron chi connectivity index (χ1n) is 5.30. The minimum Gasteiger partial charge on any atom is -0.456 e. The van der Waals surface area contributed by atoms with Gasteiger partial charge in [0.05, 0.1) is 11.9 Å². The van der Waals surface area contributed by atoms with Gasteiger partial charge in [0.2, 0.25) is 0 Å². The number of hydrogen-bond acceptors (Lipinski definition) is 3. The number of aromatic nitrogens is 1. The molecule has 17 heavy (non-hydrogen) atoms. The fourth-order valence-corrected chi connectivity index (χ4v) is 1.36. The molecule has 2 aromatic rings. The quantitative estimate of drug-likeness (QED) is 0.884. The summed E-state index contributed by atoms with van der Waals surface area (Å²) in [4.78, 5) is 4.17. The lowest BCUT2D eigenvalue weighted by molar-refractivity contribution is 0.477. The number of hydrogen-bond donors (Lipinski definition) is 1. The van der Waals surface area contributed by atoms with E-state index < -0.39 is 0 Å². The van der Waals surface area contributed by atoms with E-state index in [4.69, 9.17) is 10.5 Å². The summed E-state index contributed by atoms with van der Waals surface area (Å²) in [6, 6.07) is 9.32. The molecule has 88 valence electrons. The van der Waals surface area contributed by atoms with Crippen LogP contribution < -0.4 is 10.5 Å². The molecule has 3 nitrogen and oxygen atoms in total. The second-order valence-corrected chi connectivity index (χ2v) is 3.76. The predicted molar refractivity (Wildman–Crippen MR) is 63.3 cm³/mol. The van der Waals surface area contributed by atoms with Crippen molar-refractivity contribution in [3.63, 3.8) is 0 Å². The van der Waals surface area contributed by atoms with Gasteiger partial charge in [-0.3, -0.25) is 4.98 Å². The molecule has 0 saturated heterocycles. The van der Waals surface area contributed by atoms with Crippen molar-refractivity contribution in [1.29, 1.82) is 0 Å². The molecule has 0 radical (unpaired) electrons. The van der Waals surface area contributed by atoms with Crippen molar-refractivity contribution in [3.8, 4) is 11.5 Å². The highest BCUT2D eigenvalue weighted by molar-refractivity contribution is 5.30. The zero-order valence-corrected chi connectivity index (χ0v) is 9.43. The van der Waals surface area contributed by atoms with Crippen molar-refractivity contribution in [3.05, 3.63) is 54.1 Å². The molecule has 0 spiro atoms. The third-order valence-corrected chi connectivity index (χ3v) is 2.28. The summed E-state index contributed by atoms with van der Waals surface area (Å²) in [5, 5.41) is 0. The minimum atomic E-state index is -0.289. The lowest BCUT2D eigenvalue weighted by Gasteiger charge is -2.07. The smallest absolute Gasteiger partial charge is 0.145 e. The Kier molecular flexibility index (Phi) is 3.35. The van der Waals surface area contributed by atoms with Crippen LogP contribution in [0.4, 0.5) is 4.39 Å². The van der Waals surface area contributed by atoms with Gasteiger partial charge in [-0.1, -0.05) is 0 Å². The predicted octanol–water partition coefficient (Wildman–Crippen LogP) is 3.03. The number of benzene rings is 1. The van der Waals surface area contributed by atoms with Crippen molar-refractivity contribution in [2.45, 2.75) is 13.0 Å². The van der Waals surface area contributed by atoms with E-state index in [2.05, 4.69) is 4.98 Å². The lowest BCUT2D eigenvalue weighted by Crippen LogP contribution is -2.06. The van der Waals surface area contributed by atoms with Crippen LogP contribution in [0.1, 0.15) is 18.7 Å². The summed E-state index contributed by atoms with van der Waals surface area (Å²) < 4.78 is 18.2. The number of pyridine rings is 1. The fraction of sp³-hybridized carbons (Fsp3) is 0.154. The molecule has 0 saturated carbocycles. The zero-order valence-electron chi connectivity index (χ0n) is 9.43. The van der Waals surface area contributed by atoms with Crippen LogP contribution in [0.3, 0.4) is 0 Å². The summed E-state index contributed by atoms with van der Waals surface area (Å²) >= 11 is 0. The van der Waals surface area contributed by atoms with Crippen molar-refractivity contribution in [2.24, 2.45) is 5.73 Å². The van der Waals surface area contributed by atoms with Gasteiger partial charge in [-0.25, -0.2) is 4.39 Å². The maximum Gasteiger partial charge on any atom is 0.145 e. The molecular formula is C13H13FN2O. The molecule has 0 aliphatic rings. The summed E-state index contributed by atoms with van der Waals surface area (Å²) in [5.41, 5.74) is 6.49. The molecule has 1 atom stereocenters. The molecule has 2 rings (SSSR count). The van der Waals surface area contributed by atoms with Gasteiger partial charge in [0.25, 0.3) is 0 Å². The third-order valence-electron chi connectivity index (χ3n) is 2.28. The Balaban J connectivity index is 2.11. The monoisotopic (exact) mass is 232 g/mol. The van der Waals surface area contributed by atoms with Gasteiger partial charge >= 0.3 is 0 Å². The highest BCUT2D eigenvalue weighted by Crippen LogP contribution is 2.21. The van der Waals surface area contributed by atoms with E-state index in [1.54, 1.807) is 24.4 Å². The Bertz CT molecular complexity index is 480. The molecule has 1 aromatic carbocycles. The third kappa shape index (κ3) is 3.01. The highest BCUT2D eigenvalue weighted by atomic mass is 19.1. The first-order chi connectivity index (χ1) is 8.15. The molecule has 1 aromatic heterocycles. The molecule has 0 aliphatic carbocycles. The van der Waals surface area contributed by atoms with Gasteiger partial charge in [-0.15, -0.1) is 0 Å². The number of nitrogens with two attached hydrogens (primary N) is 1. The Morgan fingerprint density at radius 3 is 2.29 bits per heavy atom. The van der Waals surface area contributed by atoms with Crippen molar-refractivity contribution in [2.75, 3.05) is 0 Å². The molecule has 0 aliphatic heterocycles. The summed E-state index contributed by atoms with van der Waals surface area (Å²) in [6.45, 7) is 1.86. The maximum atomic E-state index is 12.7. The van der Waals surface area contributed by atoms with Gasteiger partial charge in [-0.05, 0) is 43.3 Å². The van der Waals surface area contributed by atoms with Gasteiger partial charge in [-0.2, -0.15) is 0 Å². The molecule has 1 unspecified atom stereocenters. The molecule has 1 heterocycles. The van der Waals surface area contributed by atoms with Crippen LogP contribution in [0.25, 0.3) is 0 Å². The van der Waals surface area contributed by atoms with Crippen molar-refractivity contribution >= 4 is 0 Å². The van der Waals surface area contributed by atoms with Crippen LogP contribution in [0.5, 0.6) is 11.5 Å². The first-order valence-corrected chi connectivity index (χ1v) is 5.30. The van der Waals surface area contributed by atoms with Crippen LogP contribution in [-0.2, 0) is 0 Å². The lowest BCUT2D eigenvalue weighted by atomic mass is 10.2. The molecule has 0 bridgehead atoms. The number of halogens is 1. The normalized spacial score (nSPS) is 12.2. The zero-order chi connectivity index (χ0) is 12.3. The number of rotatable bonds is 3. The molecule has 0 amide bonds. The Morgan fingerprint density at radius 2 is 1.76 bits per heavy atom. The Morgan fingerprint density at radius 1 is 1.12 bits per heavy atom. The second-order valence-electron chi connectivity index (χ2n) is 3.76. The standard InChI is InChI=1S/C13H13FN2O/c1-9(15)13-7-6-12(8-16-13)17-11-4-2-10(14)3-5-11/h2-9H,15H2,1H3. The van der Waals surface area contributed by atoms with Crippen molar-refractivity contribution < 1.29 is 9.13 Å². The van der Waals surface area contributed by atoms with Crippen LogP contribution in [0.15, 0.2) is 42.6 Å². The van der Waals surface area contributed by atoms with E-state index >= 15 is 0 Å². The largest absolute Gasteiger partial charge is 0.456 e. The summed E-state index contributed by atoms with van der Waals surface area (Å²) in [6.07, 6.45) is 1.60. The fourth-order valence-electron chi connectivity index (χ4n) is 1.36. The topological polar surface area (TPSA) is 48.1 Å². The van der Waals surface area contributed by atoms with Crippen molar-refractivity contribution in [1.82, 2.24) is 4.98 Å². The Labute approximate surface area is 99.1 Å². The second kappa shape index (κ2) is 4.93. The molecular weight excluding hydrogens is 219 g/mol. The summed E-state index contributed by atoms with van der Waals surface area (Å²) in [5.74, 6) is 0.880. The molecule has 0 fully saturated rings. The van der Waals surface area contributed by atoms with E-state index in [-0.39, 0.29) is 11.9 Å². The van der Waals surface area contributed by atoms with Crippen LogP contribution in [0, 0.1) is 5.82 Å². The highest BCUT2D eigenvalue weighted by Gasteiger charge is 2.02. The van der Waals surface area contributed by atoms with Gasteiger partial charge in [0.15, 0.2) is 0 Å². The molecule has 4 heteroatoms. The van der Waals surface area contributed by atoms with E-state index in [9.17, 15) is 4.39 Å². The number of nitrogens with zero attached hydrogens (tertiary/aromatic N) is 1.